The van der Waals surface area contributed by atoms with Gasteiger partial charge in [0.2, 0.25) is 5.91 Å². The molecule has 0 saturated carbocycles. The Balaban J connectivity index is 1.65. The van der Waals surface area contributed by atoms with E-state index in [9.17, 15) is 4.79 Å². The molecule has 7 heteroatoms. The summed E-state index contributed by atoms with van der Waals surface area (Å²) in [4.78, 5) is 21.5. The van der Waals surface area contributed by atoms with E-state index in [0.717, 1.165) is 11.3 Å². The number of nitrogens with one attached hydrogen (secondary N) is 1. The van der Waals surface area contributed by atoms with Gasteiger partial charge in [-0.3, -0.25) is 9.78 Å². The molecule has 4 heterocycles. The number of carbonyl (C=O) groups is 1. The van der Waals surface area contributed by atoms with Crippen LogP contribution >= 0.6 is 23.2 Å². The lowest BCUT2D eigenvalue weighted by molar-refractivity contribution is -0.122. The molecule has 6 atom stereocenters. The molecular weight excluding hydrogens is 385 g/mol. The number of hydrogen-bond acceptors (Lipinski definition) is 4. The van der Waals surface area contributed by atoms with Crippen LogP contribution in [0.25, 0.3) is 0 Å². The molecule has 2 aliphatic rings. The minimum Gasteiger partial charge on any atom is -0.373 e. The van der Waals surface area contributed by atoms with Crippen molar-refractivity contribution in [3.8, 4) is 0 Å². The summed E-state index contributed by atoms with van der Waals surface area (Å²) in [5.74, 6) is 0.345. The molecule has 2 bridgehead atoms. The molecule has 0 radical (unpaired) electrons. The van der Waals surface area contributed by atoms with Crippen LogP contribution in [0.1, 0.15) is 31.0 Å². The van der Waals surface area contributed by atoms with E-state index in [0.29, 0.717) is 22.5 Å². The van der Waals surface area contributed by atoms with Gasteiger partial charge in [-0.2, -0.15) is 0 Å². The Morgan fingerprint density at radius 3 is 2.59 bits per heavy atom. The van der Waals surface area contributed by atoms with Gasteiger partial charge in [-0.25, -0.2) is 4.98 Å². The number of rotatable bonds is 3. The van der Waals surface area contributed by atoms with Crippen molar-refractivity contribution in [3.05, 3.63) is 52.0 Å². The minimum absolute atomic E-state index is 0.00127. The van der Waals surface area contributed by atoms with E-state index in [2.05, 4.69) is 29.1 Å². The number of fused-ring (bicyclic) bond motifs is 2. The number of anilines is 1. The zero-order valence-electron chi connectivity index (χ0n) is 15.3. The predicted octanol–water partition coefficient (Wildman–Crippen LogP) is 4.48. The number of carbonyl (C=O) groups excluding carboxylic acids is 1. The number of aryl methyl sites for hydroxylation is 1. The Morgan fingerprint density at radius 2 is 1.89 bits per heavy atom. The third-order valence-electron chi connectivity index (χ3n) is 5.95. The second kappa shape index (κ2) is 7.04. The molecule has 1 N–H and O–H groups in total. The largest absolute Gasteiger partial charge is 0.373 e. The SMILES string of the molecule is Cc1cc(C2C(C(=O)Nc3cnc(Cl)c(Cl)c3)C3OC2[C@@H](C)C3C)ccn1. The Kier molecular flexibility index (Phi) is 4.87. The monoisotopic (exact) mass is 405 g/mol. The topological polar surface area (TPSA) is 64.1 Å². The van der Waals surface area contributed by atoms with E-state index in [-0.39, 0.29) is 35.1 Å². The molecule has 0 aromatic carbocycles. The number of pyridine rings is 2. The van der Waals surface area contributed by atoms with Gasteiger partial charge in [0.1, 0.15) is 5.15 Å². The predicted molar refractivity (Wildman–Crippen MR) is 105 cm³/mol. The van der Waals surface area contributed by atoms with Crippen molar-refractivity contribution in [2.75, 3.05) is 5.32 Å². The van der Waals surface area contributed by atoms with Gasteiger partial charge in [0.05, 0.1) is 35.0 Å². The van der Waals surface area contributed by atoms with Crippen LogP contribution in [0.3, 0.4) is 0 Å². The van der Waals surface area contributed by atoms with Crippen molar-refractivity contribution in [1.82, 2.24) is 9.97 Å². The highest BCUT2D eigenvalue weighted by atomic mass is 35.5. The third kappa shape index (κ3) is 3.22. The van der Waals surface area contributed by atoms with Crippen molar-refractivity contribution < 1.29 is 9.53 Å². The fourth-order valence-electron chi connectivity index (χ4n) is 4.46. The van der Waals surface area contributed by atoms with Gasteiger partial charge in [0.15, 0.2) is 0 Å². The van der Waals surface area contributed by atoms with Crippen LogP contribution in [0.5, 0.6) is 0 Å². The highest BCUT2D eigenvalue weighted by molar-refractivity contribution is 6.41. The summed E-state index contributed by atoms with van der Waals surface area (Å²) in [5, 5.41) is 3.47. The maximum absolute atomic E-state index is 13.2. The maximum atomic E-state index is 13.2. The molecule has 2 aliphatic heterocycles. The van der Waals surface area contributed by atoms with Gasteiger partial charge in [0, 0.05) is 17.8 Å². The van der Waals surface area contributed by atoms with Crippen LogP contribution in [0.4, 0.5) is 5.69 Å². The first-order chi connectivity index (χ1) is 12.9. The quantitative estimate of drug-likeness (QED) is 0.764. The summed E-state index contributed by atoms with van der Waals surface area (Å²) in [6, 6.07) is 5.65. The summed E-state index contributed by atoms with van der Waals surface area (Å²) < 4.78 is 6.27. The lowest BCUT2D eigenvalue weighted by Crippen LogP contribution is -2.42. The van der Waals surface area contributed by atoms with Gasteiger partial charge in [-0.1, -0.05) is 37.0 Å². The summed E-state index contributed by atoms with van der Waals surface area (Å²) in [6.45, 7) is 6.32. The summed E-state index contributed by atoms with van der Waals surface area (Å²) >= 11 is 11.9. The summed E-state index contributed by atoms with van der Waals surface area (Å²) in [5.41, 5.74) is 2.56. The lowest BCUT2D eigenvalue weighted by atomic mass is 9.67. The molecule has 1 amide bonds. The number of halogens is 2. The molecule has 5 nitrogen and oxygen atoms in total. The van der Waals surface area contributed by atoms with Gasteiger partial charge < -0.3 is 10.1 Å². The van der Waals surface area contributed by atoms with Gasteiger partial charge in [-0.15, -0.1) is 0 Å². The van der Waals surface area contributed by atoms with Gasteiger partial charge >= 0.3 is 0 Å². The molecule has 2 aromatic rings. The third-order valence-corrected chi connectivity index (χ3v) is 6.63. The maximum Gasteiger partial charge on any atom is 0.230 e. The number of ether oxygens (including phenoxy) is 1. The molecule has 142 valence electrons. The Morgan fingerprint density at radius 1 is 1.15 bits per heavy atom. The zero-order chi connectivity index (χ0) is 19.3. The highest BCUT2D eigenvalue weighted by Gasteiger charge is 2.59. The average Bonchev–Trinajstić information content (AvgIpc) is 3.15. The smallest absolute Gasteiger partial charge is 0.230 e. The van der Waals surface area contributed by atoms with Crippen molar-refractivity contribution in [1.29, 1.82) is 0 Å². The molecule has 4 rings (SSSR count). The summed E-state index contributed by atoms with van der Waals surface area (Å²) in [6.07, 6.45) is 3.22. The number of nitrogens with zero attached hydrogens (tertiary/aromatic N) is 2. The fourth-order valence-corrected chi connectivity index (χ4v) is 4.73. The van der Waals surface area contributed by atoms with Crippen LogP contribution in [0.15, 0.2) is 30.6 Å². The average molecular weight is 406 g/mol. The first-order valence-electron chi connectivity index (χ1n) is 9.06. The normalized spacial score (nSPS) is 31.9. The van der Waals surface area contributed by atoms with E-state index >= 15 is 0 Å². The molecule has 0 aliphatic carbocycles. The lowest BCUT2D eigenvalue weighted by Gasteiger charge is -2.34. The number of hydrogen-bond donors (Lipinski definition) is 1. The second-order valence-corrected chi connectivity index (χ2v) is 8.32. The van der Waals surface area contributed by atoms with Crippen LogP contribution < -0.4 is 5.32 Å². The van der Waals surface area contributed by atoms with E-state index < -0.39 is 0 Å². The van der Waals surface area contributed by atoms with E-state index in [4.69, 9.17) is 27.9 Å². The Bertz CT molecular complexity index is 891. The van der Waals surface area contributed by atoms with Crippen LogP contribution in [-0.4, -0.2) is 28.1 Å². The molecule has 2 saturated heterocycles. The van der Waals surface area contributed by atoms with E-state index in [1.54, 1.807) is 12.3 Å². The molecule has 2 fully saturated rings. The second-order valence-electron chi connectivity index (χ2n) is 7.55. The van der Waals surface area contributed by atoms with Gasteiger partial charge in [0.25, 0.3) is 0 Å². The van der Waals surface area contributed by atoms with Crippen LogP contribution in [0.2, 0.25) is 10.2 Å². The molecule has 2 aromatic heterocycles. The highest BCUT2D eigenvalue weighted by Crippen LogP contribution is 2.54. The van der Waals surface area contributed by atoms with Crippen molar-refractivity contribution in [2.45, 2.75) is 38.9 Å². The summed E-state index contributed by atoms with van der Waals surface area (Å²) in [7, 11) is 0. The van der Waals surface area contributed by atoms with Crippen LogP contribution in [0, 0.1) is 24.7 Å². The molecule has 5 unspecified atom stereocenters. The number of amides is 1. The zero-order valence-corrected chi connectivity index (χ0v) is 16.8. The molecular formula is C20H21Cl2N3O2. The first kappa shape index (κ1) is 18.7. The standard InChI is InChI=1S/C20H21Cl2N3O2/c1-9-6-12(4-5-23-9)15-16(18-11(3)10(2)17(15)27-18)20(26)25-13-7-14(21)19(22)24-8-13/h4-8,10-11,15-18H,1-3H3,(H,25,26)/t10-,11?,15?,16?,17?,18?/m0/s1. The van der Waals surface area contributed by atoms with E-state index in [1.807, 2.05) is 19.1 Å². The Hall–Kier alpha value is -1.69. The molecule has 0 spiro atoms. The van der Waals surface area contributed by atoms with Crippen molar-refractivity contribution in [3.63, 3.8) is 0 Å². The first-order valence-corrected chi connectivity index (χ1v) is 9.82. The van der Waals surface area contributed by atoms with Crippen LogP contribution in [-0.2, 0) is 9.53 Å². The van der Waals surface area contributed by atoms with Crippen molar-refractivity contribution >= 4 is 34.8 Å². The van der Waals surface area contributed by atoms with E-state index in [1.165, 1.54) is 6.20 Å². The fraction of sp³-hybridized carbons (Fsp3) is 0.450. The van der Waals surface area contributed by atoms with Crippen molar-refractivity contribution in [2.24, 2.45) is 17.8 Å². The number of aromatic nitrogens is 2. The Labute approximate surface area is 168 Å². The molecule has 27 heavy (non-hydrogen) atoms. The van der Waals surface area contributed by atoms with Gasteiger partial charge in [-0.05, 0) is 42.5 Å². The minimum atomic E-state index is -0.280.